The van der Waals surface area contributed by atoms with Gasteiger partial charge in [-0.25, -0.2) is 12.1 Å². The second-order valence-corrected chi connectivity index (χ2v) is 1.65. The number of rotatable bonds is 1. The second-order valence-electron chi connectivity index (χ2n) is 1.65. The van der Waals surface area contributed by atoms with E-state index in [0.29, 0.717) is 0 Å². The van der Waals surface area contributed by atoms with Crippen molar-refractivity contribution >= 4 is 0 Å². The molecule has 3 heteroatoms. The first kappa shape index (κ1) is 16.6. The van der Waals surface area contributed by atoms with E-state index in [2.05, 4.69) is 31.2 Å². The third kappa shape index (κ3) is 4.92. The molecule has 0 atom stereocenters. The largest absolute Gasteiger partial charge is 3.00 e. The maximum absolute atomic E-state index is 2.16. The van der Waals surface area contributed by atoms with Crippen LogP contribution < -0.4 is 9.41 Å². The molecular weight excluding hydrogens is 213 g/mol. The van der Waals surface area contributed by atoms with E-state index in [-0.39, 0.29) is 35.6 Å². The molecule has 0 nitrogen and oxygen atoms in total. The fraction of sp³-hybridized carbons (Fsp3) is 0.286. The van der Waals surface area contributed by atoms with E-state index < -0.39 is 0 Å². The van der Waals surface area contributed by atoms with Crippen LogP contribution in [0.25, 0.3) is 0 Å². The molecular formula is C7H9F2Zr. The molecule has 0 N–H and O–H groups in total. The van der Waals surface area contributed by atoms with E-state index in [1.807, 2.05) is 0 Å². The van der Waals surface area contributed by atoms with E-state index >= 15 is 0 Å². The Hall–Kier alpha value is 0.0931. The zero-order valence-electron chi connectivity index (χ0n) is 5.77. The maximum Gasteiger partial charge on any atom is 3.00 e. The van der Waals surface area contributed by atoms with Crippen molar-refractivity contribution in [2.45, 2.75) is 13.3 Å². The molecule has 10 heavy (non-hydrogen) atoms. The van der Waals surface area contributed by atoms with Gasteiger partial charge >= 0.3 is 26.2 Å². The van der Waals surface area contributed by atoms with Crippen molar-refractivity contribution in [3.63, 3.8) is 0 Å². The van der Waals surface area contributed by atoms with E-state index in [0.717, 1.165) is 6.42 Å². The third-order valence-electron chi connectivity index (χ3n) is 1.14. The molecule has 0 aromatic heterocycles. The van der Waals surface area contributed by atoms with Gasteiger partial charge in [-0.2, -0.15) is 17.7 Å². The van der Waals surface area contributed by atoms with Crippen molar-refractivity contribution in [2.24, 2.45) is 0 Å². The first-order chi connectivity index (χ1) is 3.43. The minimum atomic E-state index is 0. The fourth-order valence-corrected chi connectivity index (χ4v) is 0.650. The van der Waals surface area contributed by atoms with E-state index in [1.54, 1.807) is 0 Å². The molecule has 1 rings (SSSR count). The second kappa shape index (κ2) is 9.09. The minimum Gasteiger partial charge on any atom is -1.00 e. The average Bonchev–Trinajstić information content (AvgIpc) is 2.14. The molecule has 0 fully saturated rings. The third-order valence-corrected chi connectivity index (χ3v) is 1.14. The van der Waals surface area contributed by atoms with Crippen LogP contribution in [0.3, 0.4) is 0 Å². The predicted octanol–water partition coefficient (Wildman–Crippen LogP) is -4.03. The molecule has 0 heterocycles. The van der Waals surface area contributed by atoms with Gasteiger partial charge in [-0.05, 0) is 0 Å². The summed E-state index contributed by atoms with van der Waals surface area (Å²) >= 11 is 0. The van der Waals surface area contributed by atoms with Gasteiger partial charge in [0.25, 0.3) is 0 Å². The van der Waals surface area contributed by atoms with Gasteiger partial charge in [-0.15, -0.1) is 0 Å². The summed E-state index contributed by atoms with van der Waals surface area (Å²) in [5.74, 6) is 0. The summed E-state index contributed by atoms with van der Waals surface area (Å²) < 4.78 is 0. The smallest absolute Gasteiger partial charge is 1.00 e. The predicted molar refractivity (Wildman–Crippen MR) is 31.4 cm³/mol. The Morgan fingerprint density at radius 1 is 1.10 bits per heavy atom. The normalized spacial score (nSPS) is 6.50. The number of hydrogen-bond acceptors (Lipinski definition) is 0. The van der Waals surface area contributed by atoms with E-state index in [1.165, 1.54) is 5.56 Å². The first-order valence-electron chi connectivity index (χ1n) is 2.64. The minimum absolute atomic E-state index is 0. The molecule has 0 saturated heterocycles. The zero-order valence-corrected chi connectivity index (χ0v) is 8.23. The van der Waals surface area contributed by atoms with Gasteiger partial charge < -0.3 is 9.41 Å². The molecule has 0 aliphatic heterocycles. The van der Waals surface area contributed by atoms with Crippen molar-refractivity contribution in [1.29, 1.82) is 0 Å². The van der Waals surface area contributed by atoms with E-state index in [9.17, 15) is 0 Å². The fourth-order valence-electron chi connectivity index (χ4n) is 0.650. The molecule has 0 aliphatic carbocycles. The number of halogens is 2. The van der Waals surface area contributed by atoms with Crippen molar-refractivity contribution in [3.8, 4) is 0 Å². The van der Waals surface area contributed by atoms with Crippen molar-refractivity contribution in [1.82, 2.24) is 0 Å². The van der Waals surface area contributed by atoms with Gasteiger partial charge in [-0.3, -0.25) is 0 Å². The Labute approximate surface area is 78.9 Å². The van der Waals surface area contributed by atoms with Crippen LogP contribution in [-0.2, 0) is 32.6 Å². The van der Waals surface area contributed by atoms with Crippen LogP contribution in [-0.4, -0.2) is 0 Å². The summed E-state index contributed by atoms with van der Waals surface area (Å²) in [6.45, 7) is 2.16. The van der Waals surface area contributed by atoms with Crippen LogP contribution in [0.1, 0.15) is 12.5 Å². The molecule has 0 saturated carbocycles. The summed E-state index contributed by atoms with van der Waals surface area (Å²) in [5.41, 5.74) is 1.43. The molecule has 0 spiro atoms. The standard InChI is InChI=1S/C7H9.2FH.Zr/c1-2-7-5-3-4-6-7;;;/h3-6H,2H2,1H3;2*1H;/q-1;;;+3/p-2. The Morgan fingerprint density at radius 2 is 1.50 bits per heavy atom. The average molecular weight is 222 g/mol. The summed E-state index contributed by atoms with van der Waals surface area (Å²) in [4.78, 5) is 0. The summed E-state index contributed by atoms with van der Waals surface area (Å²) in [6, 6.07) is 8.41. The first-order valence-corrected chi connectivity index (χ1v) is 2.64. The summed E-state index contributed by atoms with van der Waals surface area (Å²) in [5, 5.41) is 0. The Bertz CT molecular complexity index is 126. The molecule has 1 radical (unpaired) electrons. The van der Waals surface area contributed by atoms with Gasteiger partial charge in [0.05, 0.1) is 0 Å². The van der Waals surface area contributed by atoms with Crippen molar-refractivity contribution in [2.75, 3.05) is 0 Å². The number of aryl methyl sites for hydroxylation is 1. The summed E-state index contributed by atoms with van der Waals surface area (Å²) in [6.07, 6.45) is 1.16. The van der Waals surface area contributed by atoms with Crippen LogP contribution in [0.15, 0.2) is 24.3 Å². The Morgan fingerprint density at radius 3 is 1.70 bits per heavy atom. The molecule has 0 unspecified atom stereocenters. The molecule has 0 bridgehead atoms. The van der Waals surface area contributed by atoms with Crippen LogP contribution in [0.4, 0.5) is 0 Å². The van der Waals surface area contributed by atoms with Gasteiger partial charge in [0.15, 0.2) is 0 Å². The Kier molecular flexibility index (Phi) is 15.1. The molecule has 55 valence electrons. The summed E-state index contributed by atoms with van der Waals surface area (Å²) in [7, 11) is 0. The van der Waals surface area contributed by atoms with Crippen molar-refractivity contribution < 1.29 is 35.6 Å². The Balaban J connectivity index is -0.000000163. The van der Waals surface area contributed by atoms with Gasteiger partial charge in [0.1, 0.15) is 0 Å². The molecule has 1 aromatic rings. The SMILES string of the molecule is CC[c-]1cccc1.[F-].[F-].[Zr+3]. The van der Waals surface area contributed by atoms with Crippen molar-refractivity contribution in [3.05, 3.63) is 29.8 Å². The van der Waals surface area contributed by atoms with Crippen LogP contribution in [0, 0.1) is 0 Å². The zero-order chi connectivity index (χ0) is 5.11. The van der Waals surface area contributed by atoms with Crippen LogP contribution in [0.2, 0.25) is 0 Å². The van der Waals surface area contributed by atoms with Gasteiger partial charge in [0.2, 0.25) is 0 Å². The quantitative estimate of drug-likeness (QED) is 0.425. The van der Waals surface area contributed by atoms with Crippen LogP contribution in [0.5, 0.6) is 0 Å². The van der Waals surface area contributed by atoms with E-state index in [4.69, 9.17) is 0 Å². The van der Waals surface area contributed by atoms with Crippen LogP contribution >= 0.6 is 0 Å². The molecule has 0 aliphatic rings. The molecule has 0 amide bonds. The monoisotopic (exact) mass is 221 g/mol. The number of hydrogen-bond donors (Lipinski definition) is 0. The van der Waals surface area contributed by atoms with Gasteiger partial charge in [0, 0.05) is 0 Å². The van der Waals surface area contributed by atoms with Gasteiger partial charge in [-0.1, -0.05) is 13.3 Å². The topological polar surface area (TPSA) is 0 Å². The maximum atomic E-state index is 2.16. The molecule has 1 aromatic carbocycles.